The lowest BCUT2D eigenvalue weighted by Crippen LogP contribution is -2.33. The molecule has 1 heterocycles. The van der Waals surface area contributed by atoms with E-state index in [1.807, 2.05) is 6.92 Å². The summed E-state index contributed by atoms with van der Waals surface area (Å²) in [7, 11) is 3.24. The fourth-order valence-electron chi connectivity index (χ4n) is 4.27. The van der Waals surface area contributed by atoms with E-state index in [-0.39, 0.29) is 39.6 Å². The number of nitrogens with zero attached hydrogens (tertiary/aromatic N) is 3. The first-order valence-electron chi connectivity index (χ1n) is 13.2. The monoisotopic (exact) mass is 585 g/mol. The first-order valence-corrected chi connectivity index (χ1v) is 13.6. The molecule has 0 aliphatic carbocycles. The number of halogens is 1. The lowest BCUT2D eigenvalue weighted by molar-refractivity contribution is 0.0525. The van der Waals surface area contributed by atoms with Gasteiger partial charge in [-0.1, -0.05) is 17.7 Å². The number of fused-ring (bicyclic) bond motifs is 1. The number of carbonyl (C=O) groups is 4. The summed E-state index contributed by atoms with van der Waals surface area (Å²) in [5.74, 6) is -1.82. The summed E-state index contributed by atoms with van der Waals surface area (Å²) in [6.45, 7) is 7.75. The molecule has 3 rings (SSSR count). The van der Waals surface area contributed by atoms with Gasteiger partial charge < -0.3 is 24.6 Å². The quantitative estimate of drug-likeness (QED) is 0.263. The molecule has 3 amide bonds. The number of imidazole rings is 1. The molecule has 11 nitrogen and oxygen atoms in total. The van der Waals surface area contributed by atoms with Crippen molar-refractivity contribution in [2.24, 2.45) is 0 Å². The highest BCUT2D eigenvalue weighted by atomic mass is 35.5. The lowest BCUT2D eigenvalue weighted by Gasteiger charge is -2.21. The molecule has 0 aliphatic heterocycles. The Labute approximate surface area is 243 Å². The molecule has 0 bridgehead atoms. The molecule has 220 valence electrons. The van der Waals surface area contributed by atoms with E-state index in [0.717, 1.165) is 0 Å². The summed E-state index contributed by atoms with van der Waals surface area (Å²) in [6, 6.07) is 8.70. The predicted octanol–water partition coefficient (Wildman–Crippen LogP) is 5.60. The maximum atomic E-state index is 13.2. The average molecular weight is 586 g/mol. The Hall–Kier alpha value is -4.12. The van der Waals surface area contributed by atoms with E-state index in [4.69, 9.17) is 16.3 Å². The van der Waals surface area contributed by atoms with E-state index in [0.29, 0.717) is 36.8 Å². The van der Waals surface area contributed by atoms with Crippen molar-refractivity contribution in [1.82, 2.24) is 19.8 Å². The standard InChI is InChI=1S/C29H36ClN5O6/c1-17(10-7-8-15-31-28(40)41-29(2,3)4)35-23-21(14-13-20(30)22(23)25(37)34(5)6)32-27(35)33-24(36)18-11-9-12-19(16-18)26(38)39/h9,11-14,16-17H,7-8,10,15H2,1-6H3,(H,31,40)(H,38,39)(H,32,33,36)/t17-/m0/s1. The average Bonchev–Trinajstić information content (AvgIpc) is 3.24. The molecule has 0 saturated carbocycles. The normalized spacial score (nSPS) is 12.1. The number of nitrogens with one attached hydrogen (secondary N) is 2. The van der Waals surface area contributed by atoms with Gasteiger partial charge in [-0.15, -0.1) is 0 Å². The van der Waals surface area contributed by atoms with E-state index in [1.54, 1.807) is 51.6 Å². The predicted molar refractivity (Wildman–Crippen MR) is 157 cm³/mol. The Morgan fingerprint density at radius 2 is 1.78 bits per heavy atom. The summed E-state index contributed by atoms with van der Waals surface area (Å²) in [4.78, 5) is 55.7. The van der Waals surface area contributed by atoms with Crippen molar-refractivity contribution in [2.45, 2.75) is 58.6 Å². The van der Waals surface area contributed by atoms with Gasteiger partial charge in [0, 0.05) is 32.2 Å². The van der Waals surface area contributed by atoms with Gasteiger partial charge in [0.2, 0.25) is 5.95 Å². The number of aromatic carboxylic acids is 1. The molecule has 2 aromatic carbocycles. The number of alkyl carbamates (subject to hydrolysis) is 1. The SMILES string of the molecule is C[C@@H](CCCCNC(=O)OC(C)(C)C)n1c(NC(=O)c2cccc(C(=O)O)c2)nc2ccc(Cl)c(C(=O)N(C)C)c21. The molecule has 0 radical (unpaired) electrons. The summed E-state index contributed by atoms with van der Waals surface area (Å²) >= 11 is 6.51. The smallest absolute Gasteiger partial charge is 0.407 e. The maximum Gasteiger partial charge on any atom is 0.407 e. The molecule has 0 unspecified atom stereocenters. The third-order valence-corrected chi connectivity index (χ3v) is 6.49. The van der Waals surface area contributed by atoms with Crippen LogP contribution in [-0.4, -0.2) is 69.7 Å². The van der Waals surface area contributed by atoms with Crippen molar-refractivity contribution in [3.8, 4) is 0 Å². The van der Waals surface area contributed by atoms with E-state index >= 15 is 0 Å². The number of hydrogen-bond donors (Lipinski definition) is 3. The first-order chi connectivity index (χ1) is 19.2. The highest BCUT2D eigenvalue weighted by molar-refractivity contribution is 6.35. The molecule has 0 spiro atoms. The number of rotatable bonds is 10. The zero-order valence-corrected chi connectivity index (χ0v) is 24.8. The van der Waals surface area contributed by atoms with Crippen LogP contribution >= 0.6 is 11.6 Å². The van der Waals surface area contributed by atoms with Crippen LogP contribution < -0.4 is 10.6 Å². The summed E-state index contributed by atoms with van der Waals surface area (Å²) in [5.41, 5.74) is 0.739. The fraction of sp³-hybridized carbons (Fsp3) is 0.414. The van der Waals surface area contributed by atoms with Crippen molar-refractivity contribution in [2.75, 3.05) is 26.0 Å². The minimum absolute atomic E-state index is 0.0230. The molecule has 3 aromatic rings. The van der Waals surface area contributed by atoms with Gasteiger partial charge in [0.1, 0.15) is 5.60 Å². The summed E-state index contributed by atoms with van der Waals surface area (Å²) < 4.78 is 7.04. The fourth-order valence-corrected chi connectivity index (χ4v) is 4.51. The molecule has 1 aromatic heterocycles. The molecule has 0 saturated heterocycles. The van der Waals surface area contributed by atoms with Crippen LogP contribution in [0.25, 0.3) is 11.0 Å². The van der Waals surface area contributed by atoms with Gasteiger partial charge >= 0.3 is 12.1 Å². The zero-order chi connectivity index (χ0) is 30.5. The third kappa shape index (κ3) is 7.97. The number of amides is 3. The highest BCUT2D eigenvalue weighted by Crippen LogP contribution is 2.34. The molecule has 0 fully saturated rings. The van der Waals surface area contributed by atoms with Crippen molar-refractivity contribution in [1.29, 1.82) is 0 Å². The first kappa shape index (κ1) is 31.4. The van der Waals surface area contributed by atoms with Crippen LogP contribution in [0.5, 0.6) is 0 Å². The van der Waals surface area contributed by atoms with Crippen LogP contribution in [0.1, 0.15) is 84.1 Å². The van der Waals surface area contributed by atoms with Crippen molar-refractivity contribution in [3.05, 3.63) is 58.1 Å². The number of aromatic nitrogens is 2. The van der Waals surface area contributed by atoms with Gasteiger partial charge in [0.25, 0.3) is 11.8 Å². The van der Waals surface area contributed by atoms with Gasteiger partial charge in [-0.2, -0.15) is 0 Å². The second kappa shape index (κ2) is 13.0. The largest absolute Gasteiger partial charge is 0.478 e. The summed E-state index contributed by atoms with van der Waals surface area (Å²) in [5, 5.41) is 15.1. The van der Waals surface area contributed by atoms with Crippen molar-refractivity contribution in [3.63, 3.8) is 0 Å². The minimum Gasteiger partial charge on any atom is -0.478 e. The van der Waals surface area contributed by atoms with Crippen LogP contribution in [0.3, 0.4) is 0 Å². The van der Waals surface area contributed by atoms with E-state index in [2.05, 4.69) is 15.6 Å². The Morgan fingerprint density at radius 3 is 2.41 bits per heavy atom. The minimum atomic E-state index is -1.15. The molecule has 0 aliphatic rings. The van der Waals surface area contributed by atoms with Gasteiger partial charge in [-0.05, 0) is 77.3 Å². The van der Waals surface area contributed by atoms with Crippen LogP contribution in [0, 0.1) is 0 Å². The second-order valence-electron chi connectivity index (χ2n) is 10.9. The summed E-state index contributed by atoms with van der Waals surface area (Å²) in [6.07, 6.45) is 1.53. The molecule has 41 heavy (non-hydrogen) atoms. The number of ether oxygens (including phenoxy) is 1. The van der Waals surface area contributed by atoms with Crippen LogP contribution in [0.4, 0.5) is 10.7 Å². The van der Waals surface area contributed by atoms with E-state index < -0.39 is 23.6 Å². The van der Waals surface area contributed by atoms with Crippen LogP contribution in [-0.2, 0) is 4.74 Å². The molecule has 12 heteroatoms. The van der Waals surface area contributed by atoms with E-state index in [1.165, 1.54) is 29.2 Å². The number of anilines is 1. The van der Waals surface area contributed by atoms with E-state index in [9.17, 15) is 24.3 Å². The van der Waals surface area contributed by atoms with Crippen molar-refractivity contribution >= 4 is 52.5 Å². The Balaban J connectivity index is 1.92. The zero-order valence-electron chi connectivity index (χ0n) is 24.1. The van der Waals surface area contributed by atoms with Crippen LogP contribution in [0.2, 0.25) is 5.02 Å². The molecule has 3 N–H and O–H groups in total. The van der Waals surface area contributed by atoms with Gasteiger partial charge in [-0.25, -0.2) is 14.6 Å². The number of carbonyl (C=O) groups excluding carboxylic acids is 3. The maximum absolute atomic E-state index is 13.2. The highest BCUT2D eigenvalue weighted by Gasteiger charge is 2.26. The van der Waals surface area contributed by atoms with Crippen LogP contribution in [0.15, 0.2) is 36.4 Å². The lowest BCUT2D eigenvalue weighted by atomic mass is 10.1. The number of unbranched alkanes of at least 4 members (excludes halogenated alkanes) is 1. The third-order valence-electron chi connectivity index (χ3n) is 6.18. The number of benzene rings is 2. The second-order valence-corrected chi connectivity index (χ2v) is 11.3. The molecular formula is C29H36ClN5O6. The molecular weight excluding hydrogens is 550 g/mol. The van der Waals surface area contributed by atoms with Gasteiger partial charge in [0.05, 0.1) is 27.2 Å². The van der Waals surface area contributed by atoms with Crippen molar-refractivity contribution < 1.29 is 29.0 Å². The number of carboxylic acids is 1. The number of hydrogen-bond acceptors (Lipinski definition) is 6. The Morgan fingerprint density at radius 1 is 1.10 bits per heavy atom. The number of carboxylic acid groups (broad SMARTS) is 1. The Kier molecular flexibility index (Phi) is 9.98. The Bertz CT molecular complexity index is 1460. The topological polar surface area (TPSA) is 143 Å². The molecule has 1 atom stereocenters. The van der Waals surface area contributed by atoms with Gasteiger partial charge in [0.15, 0.2) is 0 Å². The van der Waals surface area contributed by atoms with Gasteiger partial charge in [-0.3, -0.25) is 14.9 Å².